The molecule has 0 bridgehead atoms. The zero-order valence-corrected chi connectivity index (χ0v) is 18.5. The van der Waals surface area contributed by atoms with Gasteiger partial charge in [0.2, 0.25) is 5.95 Å². The monoisotopic (exact) mass is 478 g/mol. The summed E-state index contributed by atoms with van der Waals surface area (Å²) in [7, 11) is 0. The van der Waals surface area contributed by atoms with Crippen LogP contribution >= 0.6 is 0 Å². The van der Waals surface area contributed by atoms with Crippen LogP contribution in [0.15, 0.2) is 73.2 Å². The van der Waals surface area contributed by atoms with Gasteiger partial charge in [-0.1, -0.05) is 24.3 Å². The van der Waals surface area contributed by atoms with Crippen molar-refractivity contribution in [3.8, 4) is 0 Å². The van der Waals surface area contributed by atoms with Crippen molar-refractivity contribution in [3.63, 3.8) is 0 Å². The highest BCUT2D eigenvalue weighted by Gasteiger charge is 2.30. The predicted molar refractivity (Wildman–Crippen MR) is 128 cm³/mol. The number of alkyl halides is 3. The quantitative estimate of drug-likeness (QED) is 0.461. The Morgan fingerprint density at radius 3 is 2.09 bits per heavy atom. The summed E-state index contributed by atoms with van der Waals surface area (Å²) in [5, 5.41) is 4.22. The van der Waals surface area contributed by atoms with Gasteiger partial charge in [-0.2, -0.15) is 13.2 Å². The van der Waals surface area contributed by atoms with E-state index in [2.05, 4.69) is 30.1 Å². The lowest BCUT2D eigenvalue weighted by atomic mass is 10.1. The van der Waals surface area contributed by atoms with Gasteiger partial charge >= 0.3 is 6.18 Å². The summed E-state index contributed by atoms with van der Waals surface area (Å²) >= 11 is 0. The minimum Gasteiger partial charge on any atom is -0.353 e. The maximum absolute atomic E-state index is 13.0. The molecular weight excluding hydrogens is 457 g/mol. The van der Waals surface area contributed by atoms with Crippen molar-refractivity contribution in [1.29, 1.82) is 0 Å². The standard InChI is InChI=1S/C25H21F3N6O/c26-25(27,28)17-6-8-18(9-7-17)32-23(35)21-16-31-22(20-5-2-1-4-19(20)21)33-12-14-34(15-13-33)24-29-10-3-11-30-24/h1-11,16H,12-15H2,(H,32,35). The second kappa shape index (κ2) is 9.21. The molecule has 1 N–H and O–H groups in total. The Morgan fingerprint density at radius 2 is 1.43 bits per heavy atom. The molecule has 5 rings (SSSR count). The van der Waals surface area contributed by atoms with Crippen LogP contribution in [0.3, 0.4) is 0 Å². The third-order valence-corrected chi connectivity index (χ3v) is 5.90. The van der Waals surface area contributed by atoms with Crippen LogP contribution in [0.4, 0.5) is 30.6 Å². The Kier molecular flexibility index (Phi) is 5.94. The van der Waals surface area contributed by atoms with Crippen molar-refractivity contribution < 1.29 is 18.0 Å². The molecule has 10 heteroatoms. The molecule has 35 heavy (non-hydrogen) atoms. The second-order valence-electron chi connectivity index (χ2n) is 8.09. The summed E-state index contributed by atoms with van der Waals surface area (Å²) in [4.78, 5) is 30.5. The van der Waals surface area contributed by atoms with Gasteiger partial charge in [0.05, 0.1) is 11.1 Å². The first-order valence-electron chi connectivity index (χ1n) is 11.0. The van der Waals surface area contributed by atoms with Crippen molar-refractivity contribution in [3.05, 3.63) is 84.3 Å². The number of nitrogens with zero attached hydrogens (tertiary/aromatic N) is 5. The Balaban J connectivity index is 1.36. The van der Waals surface area contributed by atoms with E-state index >= 15 is 0 Å². The first kappa shape index (κ1) is 22.6. The first-order valence-corrected chi connectivity index (χ1v) is 11.0. The summed E-state index contributed by atoms with van der Waals surface area (Å²) in [5.74, 6) is 1.03. The van der Waals surface area contributed by atoms with Crippen molar-refractivity contribution in [2.75, 3.05) is 41.3 Å². The first-order chi connectivity index (χ1) is 16.9. The van der Waals surface area contributed by atoms with E-state index in [0.717, 1.165) is 41.8 Å². The molecule has 1 amide bonds. The molecule has 0 atom stereocenters. The normalized spacial score (nSPS) is 14.3. The van der Waals surface area contributed by atoms with Crippen LogP contribution in [0, 0.1) is 0 Å². The number of halogens is 3. The highest BCUT2D eigenvalue weighted by molar-refractivity contribution is 6.14. The molecule has 0 unspecified atom stereocenters. The number of amides is 1. The average molecular weight is 478 g/mol. The maximum Gasteiger partial charge on any atom is 0.416 e. The van der Waals surface area contributed by atoms with Crippen molar-refractivity contribution in [2.45, 2.75) is 6.18 Å². The van der Waals surface area contributed by atoms with Gasteiger partial charge in [0, 0.05) is 55.8 Å². The maximum atomic E-state index is 13.0. The van der Waals surface area contributed by atoms with Gasteiger partial charge in [-0.05, 0) is 35.7 Å². The van der Waals surface area contributed by atoms with Gasteiger partial charge in [0.1, 0.15) is 5.82 Å². The Hall–Kier alpha value is -4.21. The number of anilines is 3. The summed E-state index contributed by atoms with van der Waals surface area (Å²) < 4.78 is 38.4. The molecule has 178 valence electrons. The molecule has 0 spiro atoms. The van der Waals surface area contributed by atoms with Crippen LogP contribution in [0.25, 0.3) is 10.8 Å². The lowest BCUT2D eigenvalue weighted by molar-refractivity contribution is -0.137. The van der Waals surface area contributed by atoms with Gasteiger partial charge < -0.3 is 15.1 Å². The lowest BCUT2D eigenvalue weighted by Crippen LogP contribution is -2.47. The Morgan fingerprint density at radius 1 is 0.800 bits per heavy atom. The molecule has 2 aromatic heterocycles. The van der Waals surface area contributed by atoms with Gasteiger partial charge in [0.25, 0.3) is 5.91 Å². The molecule has 2 aromatic carbocycles. The summed E-state index contributed by atoms with van der Waals surface area (Å²) in [6, 6.07) is 13.6. The van der Waals surface area contributed by atoms with Gasteiger partial charge in [-0.25, -0.2) is 15.0 Å². The van der Waals surface area contributed by atoms with E-state index in [1.165, 1.54) is 18.3 Å². The number of benzene rings is 2. The lowest BCUT2D eigenvalue weighted by Gasteiger charge is -2.35. The Bertz CT molecular complexity index is 1340. The molecule has 1 saturated heterocycles. The number of fused-ring (bicyclic) bond motifs is 1. The fourth-order valence-corrected chi connectivity index (χ4v) is 4.12. The van der Waals surface area contributed by atoms with Crippen LogP contribution in [0.5, 0.6) is 0 Å². The molecule has 1 aliphatic rings. The summed E-state index contributed by atoms with van der Waals surface area (Å²) in [5.41, 5.74) is -0.151. The van der Waals surface area contributed by atoms with Crippen molar-refractivity contribution in [2.24, 2.45) is 0 Å². The molecule has 0 radical (unpaired) electrons. The fraction of sp³-hybridized carbons (Fsp3) is 0.200. The van der Waals surface area contributed by atoms with Crippen molar-refractivity contribution >= 4 is 34.1 Å². The molecule has 3 heterocycles. The third-order valence-electron chi connectivity index (χ3n) is 5.90. The number of carbonyl (C=O) groups is 1. The van der Waals surface area contributed by atoms with Gasteiger partial charge in [-0.15, -0.1) is 0 Å². The molecule has 7 nitrogen and oxygen atoms in total. The van der Waals surface area contributed by atoms with E-state index in [1.807, 2.05) is 24.3 Å². The highest BCUT2D eigenvalue weighted by Crippen LogP contribution is 2.31. The Labute approximate surface area is 199 Å². The van der Waals surface area contributed by atoms with E-state index in [9.17, 15) is 18.0 Å². The third kappa shape index (κ3) is 4.72. The van der Waals surface area contributed by atoms with Crippen LogP contribution < -0.4 is 15.1 Å². The SMILES string of the molecule is O=C(Nc1ccc(C(F)(F)F)cc1)c1cnc(N2CCN(c3ncccn3)CC2)c2ccccc12. The van der Waals surface area contributed by atoms with E-state index in [1.54, 1.807) is 18.5 Å². The molecule has 1 aliphatic heterocycles. The minimum atomic E-state index is -4.43. The topological polar surface area (TPSA) is 74.2 Å². The number of piperazine rings is 1. The largest absolute Gasteiger partial charge is 0.416 e. The summed E-state index contributed by atoms with van der Waals surface area (Å²) in [6.45, 7) is 2.89. The number of hydrogen-bond donors (Lipinski definition) is 1. The fourth-order valence-electron chi connectivity index (χ4n) is 4.12. The van der Waals surface area contributed by atoms with E-state index < -0.39 is 17.6 Å². The van der Waals surface area contributed by atoms with E-state index in [4.69, 9.17) is 0 Å². The number of rotatable bonds is 4. The van der Waals surface area contributed by atoms with Crippen LogP contribution in [-0.4, -0.2) is 47.0 Å². The number of nitrogens with one attached hydrogen (secondary N) is 1. The summed E-state index contributed by atoms with van der Waals surface area (Å²) in [6.07, 6.45) is 0.526. The number of aromatic nitrogens is 3. The highest BCUT2D eigenvalue weighted by atomic mass is 19.4. The number of carbonyl (C=O) groups excluding carboxylic acids is 1. The predicted octanol–water partition coefficient (Wildman–Crippen LogP) is 4.62. The van der Waals surface area contributed by atoms with Gasteiger partial charge in [-0.3, -0.25) is 4.79 Å². The smallest absolute Gasteiger partial charge is 0.353 e. The zero-order valence-electron chi connectivity index (χ0n) is 18.5. The van der Waals surface area contributed by atoms with Gasteiger partial charge in [0.15, 0.2) is 0 Å². The molecular formula is C25H21F3N6O. The van der Waals surface area contributed by atoms with Crippen LogP contribution in [0.2, 0.25) is 0 Å². The van der Waals surface area contributed by atoms with E-state index in [0.29, 0.717) is 24.6 Å². The minimum absolute atomic E-state index is 0.274. The van der Waals surface area contributed by atoms with Crippen molar-refractivity contribution in [1.82, 2.24) is 15.0 Å². The molecule has 4 aromatic rings. The number of pyridine rings is 1. The number of hydrogen-bond acceptors (Lipinski definition) is 6. The van der Waals surface area contributed by atoms with Crippen LogP contribution in [-0.2, 0) is 6.18 Å². The second-order valence-corrected chi connectivity index (χ2v) is 8.09. The molecule has 0 saturated carbocycles. The average Bonchev–Trinajstić information content (AvgIpc) is 2.88. The molecule has 0 aliphatic carbocycles. The van der Waals surface area contributed by atoms with Crippen LogP contribution in [0.1, 0.15) is 15.9 Å². The zero-order chi connectivity index (χ0) is 24.4. The van der Waals surface area contributed by atoms with E-state index in [-0.39, 0.29) is 5.69 Å². The molecule has 1 fully saturated rings.